The Morgan fingerprint density at radius 3 is 2.50 bits per heavy atom. The van der Waals surface area contributed by atoms with E-state index in [0.29, 0.717) is 13.0 Å². The standard InChI is InChI=1S/C19H24N2O2S/c1-15(12-13-22)21(14-16-8-4-3-5-9-16)19(23)20-17-10-6-7-11-18(17)24-2/h3-11,15,22H,12-14H2,1-2H3,(H,20,23). The fourth-order valence-corrected chi connectivity index (χ4v) is 3.04. The van der Waals surface area contributed by atoms with Gasteiger partial charge in [0, 0.05) is 24.1 Å². The molecule has 5 heteroatoms. The average Bonchev–Trinajstić information content (AvgIpc) is 2.61. The molecule has 0 aliphatic rings. The molecular weight excluding hydrogens is 320 g/mol. The second-order valence-electron chi connectivity index (χ2n) is 5.61. The van der Waals surface area contributed by atoms with E-state index in [9.17, 15) is 9.90 Å². The summed E-state index contributed by atoms with van der Waals surface area (Å²) in [5, 5.41) is 12.2. The number of nitrogens with zero attached hydrogens (tertiary/aromatic N) is 1. The van der Waals surface area contributed by atoms with Crippen molar-refractivity contribution in [2.45, 2.75) is 30.8 Å². The SMILES string of the molecule is CSc1ccccc1NC(=O)N(Cc1ccccc1)C(C)CCO. The fourth-order valence-electron chi connectivity index (χ4n) is 2.49. The van der Waals surface area contributed by atoms with Crippen molar-refractivity contribution in [2.75, 3.05) is 18.2 Å². The van der Waals surface area contributed by atoms with Crippen LogP contribution in [0.1, 0.15) is 18.9 Å². The van der Waals surface area contributed by atoms with Crippen LogP contribution in [0.25, 0.3) is 0 Å². The number of aliphatic hydroxyl groups is 1. The van der Waals surface area contributed by atoms with Crippen molar-refractivity contribution >= 4 is 23.5 Å². The zero-order chi connectivity index (χ0) is 17.4. The lowest BCUT2D eigenvalue weighted by molar-refractivity contribution is 0.169. The Balaban J connectivity index is 2.17. The number of benzene rings is 2. The second kappa shape index (κ2) is 9.35. The number of urea groups is 1. The Labute approximate surface area is 147 Å². The van der Waals surface area contributed by atoms with Gasteiger partial charge >= 0.3 is 6.03 Å². The zero-order valence-electron chi connectivity index (χ0n) is 14.1. The number of hydrogen-bond donors (Lipinski definition) is 2. The summed E-state index contributed by atoms with van der Waals surface area (Å²) in [6, 6.07) is 17.4. The number of para-hydroxylation sites is 1. The molecule has 0 aromatic heterocycles. The molecular formula is C19H24N2O2S. The summed E-state index contributed by atoms with van der Waals surface area (Å²) in [4.78, 5) is 15.6. The summed E-state index contributed by atoms with van der Waals surface area (Å²) < 4.78 is 0. The van der Waals surface area contributed by atoms with Gasteiger partial charge in [0.25, 0.3) is 0 Å². The Hall–Kier alpha value is -1.98. The molecule has 0 saturated heterocycles. The molecule has 0 aliphatic heterocycles. The lowest BCUT2D eigenvalue weighted by atomic mass is 10.1. The molecule has 4 nitrogen and oxygen atoms in total. The molecule has 0 aliphatic carbocycles. The number of aliphatic hydroxyl groups excluding tert-OH is 1. The molecule has 24 heavy (non-hydrogen) atoms. The van der Waals surface area contributed by atoms with E-state index >= 15 is 0 Å². The van der Waals surface area contributed by atoms with Crippen LogP contribution in [0.3, 0.4) is 0 Å². The summed E-state index contributed by atoms with van der Waals surface area (Å²) in [5.41, 5.74) is 1.87. The first-order valence-corrected chi connectivity index (χ1v) is 9.23. The third-order valence-corrected chi connectivity index (χ3v) is 4.68. The van der Waals surface area contributed by atoms with Gasteiger partial charge in [0.1, 0.15) is 0 Å². The molecule has 128 valence electrons. The topological polar surface area (TPSA) is 52.6 Å². The molecule has 1 atom stereocenters. The van der Waals surface area contributed by atoms with Gasteiger partial charge in [-0.05, 0) is 37.3 Å². The van der Waals surface area contributed by atoms with Crippen LogP contribution in [0.5, 0.6) is 0 Å². The highest BCUT2D eigenvalue weighted by Crippen LogP contribution is 2.25. The van der Waals surface area contributed by atoms with Gasteiger partial charge < -0.3 is 15.3 Å². The molecule has 1 unspecified atom stereocenters. The summed E-state index contributed by atoms with van der Waals surface area (Å²) in [6.45, 7) is 2.52. The number of amides is 2. The highest BCUT2D eigenvalue weighted by molar-refractivity contribution is 7.98. The van der Waals surface area contributed by atoms with Gasteiger partial charge in [0.2, 0.25) is 0 Å². The fraction of sp³-hybridized carbons (Fsp3) is 0.316. The van der Waals surface area contributed by atoms with Crippen LogP contribution in [-0.2, 0) is 6.54 Å². The van der Waals surface area contributed by atoms with E-state index in [4.69, 9.17) is 0 Å². The summed E-state index contributed by atoms with van der Waals surface area (Å²) in [7, 11) is 0. The number of anilines is 1. The van der Waals surface area contributed by atoms with Crippen LogP contribution in [0, 0.1) is 0 Å². The van der Waals surface area contributed by atoms with E-state index in [1.807, 2.05) is 67.8 Å². The minimum Gasteiger partial charge on any atom is -0.396 e. The van der Waals surface area contributed by atoms with Crippen LogP contribution < -0.4 is 5.32 Å². The van der Waals surface area contributed by atoms with Crippen molar-refractivity contribution in [1.29, 1.82) is 0 Å². The Morgan fingerprint density at radius 2 is 1.83 bits per heavy atom. The number of carbonyl (C=O) groups is 1. The number of hydrogen-bond acceptors (Lipinski definition) is 3. The number of carbonyl (C=O) groups excluding carboxylic acids is 1. The first kappa shape index (κ1) is 18.4. The van der Waals surface area contributed by atoms with Gasteiger partial charge in [-0.25, -0.2) is 4.79 Å². The van der Waals surface area contributed by atoms with Gasteiger partial charge in [-0.2, -0.15) is 0 Å². The molecule has 2 aromatic rings. The third kappa shape index (κ3) is 5.01. The average molecular weight is 344 g/mol. The van der Waals surface area contributed by atoms with Crippen molar-refractivity contribution in [3.05, 3.63) is 60.2 Å². The molecule has 2 aromatic carbocycles. The van der Waals surface area contributed by atoms with E-state index in [0.717, 1.165) is 16.1 Å². The van der Waals surface area contributed by atoms with Gasteiger partial charge in [-0.1, -0.05) is 42.5 Å². The van der Waals surface area contributed by atoms with E-state index in [1.54, 1.807) is 16.7 Å². The third-order valence-electron chi connectivity index (χ3n) is 3.88. The molecule has 0 bridgehead atoms. The zero-order valence-corrected chi connectivity index (χ0v) is 14.9. The van der Waals surface area contributed by atoms with Crippen LogP contribution in [0.4, 0.5) is 10.5 Å². The summed E-state index contributed by atoms with van der Waals surface area (Å²) >= 11 is 1.60. The molecule has 0 radical (unpaired) electrons. The van der Waals surface area contributed by atoms with Crippen LogP contribution in [0.2, 0.25) is 0 Å². The van der Waals surface area contributed by atoms with Crippen molar-refractivity contribution in [1.82, 2.24) is 4.90 Å². The maximum Gasteiger partial charge on any atom is 0.322 e. The highest BCUT2D eigenvalue weighted by Gasteiger charge is 2.21. The molecule has 0 fully saturated rings. The normalized spacial score (nSPS) is 11.8. The first-order valence-electron chi connectivity index (χ1n) is 8.01. The first-order chi connectivity index (χ1) is 11.7. The van der Waals surface area contributed by atoms with Crippen molar-refractivity contribution < 1.29 is 9.90 Å². The number of thioether (sulfide) groups is 1. The van der Waals surface area contributed by atoms with Crippen LogP contribution in [0.15, 0.2) is 59.5 Å². The predicted octanol–water partition coefficient (Wildman–Crippen LogP) is 4.21. The van der Waals surface area contributed by atoms with Gasteiger partial charge in [-0.3, -0.25) is 0 Å². The second-order valence-corrected chi connectivity index (χ2v) is 6.45. The predicted molar refractivity (Wildman–Crippen MR) is 100 cm³/mol. The highest BCUT2D eigenvalue weighted by atomic mass is 32.2. The lowest BCUT2D eigenvalue weighted by Crippen LogP contribution is -2.41. The van der Waals surface area contributed by atoms with Crippen molar-refractivity contribution in [2.24, 2.45) is 0 Å². The molecule has 2 N–H and O–H groups in total. The van der Waals surface area contributed by atoms with Crippen molar-refractivity contribution in [3.8, 4) is 0 Å². The molecule has 0 heterocycles. The van der Waals surface area contributed by atoms with E-state index in [1.165, 1.54) is 0 Å². The minimum atomic E-state index is -0.152. The molecule has 2 amide bonds. The maximum atomic E-state index is 12.8. The van der Waals surface area contributed by atoms with E-state index in [-0.39, 0.29) is 18.7 Å². The largest absolute Gasteiger partial charge is 0.396 e. The lowest BCUT2D eigenvalue weighted by Gasteiger charge is -2.29. The van der Waals surface area contributed by atoms with Crippen LogP contribution >= 0.6 is 11.8 Å². The van der Waals surface area contributed by atoms with Gasteiger partial charge in [0.15, 0.2) is 0 Å². The van der Waals surface area contributed by atoms with Gasteiger partial charge in [0.05, 0.1) is 5.69 Å². The molecule has 0 spiro atoms. The Kier molecular flexibility index (Phi) is 7.15. The van der Waals surface area contributed by atoms with E-state index < -0.39 is 0 Å². The summed E-state index contributed by atoms with van der Waals surface area (Å²) in [6.07, 6.45) is 2.53. The van der Waals surface area contributed by atoms with Gasteiger partial charge in [-0.15, -0.1) is 11.8 Å². The quantitative estimate of drug-likeness (QED) is 0.740. The molecule has 2 rings (SSSR count). The number of rotatable bonds is 7. The number of nitrogens with one attached hydrogen (secondary N) is 1. The molecule has 0 saturated carbocycles. The van der Waals surface area contributed by atoms with Crippen LogP contribution in [-0.4, -0.2) is 34.9 Å². The minimum absolute atomic E-state index is 0.0567. The Bertz CT molecular complexity index is 649. The smallest absolute Gasteiger partial charge is 0.322 e. The van der Waals surface area contributed by atoms with E-state index in [2.05, 4.69) is 5.32 Å². The monoisotopic (exact) mass is 344 g/mol. The summed E-state index contributed by atoms with van der Waals surface area (Å²) in [5.74, 6) is 0. The maximum absolute atomic E-state index is 12.8. The van der Waals surface area contributed by atoms with Crippen molar-refractivity contribution in [3.63, 3.8) is 0 Å². The Morgan fingerprint density at radius 1 is 1.17 bits per heavy atom.